The first-order chi connectivity index (χ1) is 16.3. The summed E-state index contributed by atoms with van der Waals surface area (Å²) in [5.74, 6) is 0.244. The van der Waals surface area contributed by atoms with Gasteiger partial charge >= 0.3 is 0 Å². The Hall–Kier alpha value is -3.81. The lowest BCUT2D eigenvalue weighted by atomic mass is 10.1. The second kappa shape index (κ2) is 8.52. The average Bonchev–Trinajstić information content (AvgIpc) is 3.52. The molecule has 8 heteroatoms. The number of fused-ring (bicyclic) bond motifs is 1. The molecule has 7 nitrogen and oxygen atoms in total. The summed E-state index contributed by atoms with van der Waals surface area (Å²) in [6.45, 7) is 8.09. The molecule has 1 amide bonds. The zero-order chi connectivity index (χ0) is 24.0. The standard InChI is InChI=1S/C26H27FN6O/c1-15(2)22-13-32(14-29-22)23-11-19(20(27)10-16(23)3)26(34)31-24-7-5-6-21(30-24)25-28-12-18-9-8-17(4)33(18)25/h5-7,10-15,17H,8-9H2,1-4H3,(H,30,31,34)/t17-/m1/s1. The molecule has 34 heavy (non-hydrogen) atoms. The van der Waals surface area contributed by atoms with Gasteiger partial charge in [0.05, 0.1) is 23.3 Å². The number of nitrogens with one attached hydrogen (secondary N) is 1. The Balaban J connectivity index is 1.43. The van der Waals surface area contributed by atoms with Crippen LogP contribution in [0.4, 0.5) is 10.2 Å². The van der Waals surface area contributed by atoms with Crippen LogP contribution < -0.4 is 5.32 Å². The second-order valence-electron chi connectivity index (χ2n) is 9.17. The van der Waals surface area contributed by atoms with Crippen LogP contribution in [0.15, 0.2) is 49.1 Å². The van der Waals surface area contributed by atoms with E-state index in [0.29, 0.717) is 28.8 Å². The predicted molar refractivity (Wildman–Crippen MR) is 129 cm³/mol. The van der Waals surface area contributed by atoms with Crippen molar-refractivity contribution in [2.24, 2.45) is 0 Å². The van der Waals surface area contributed by atoms with Crippen LogP contribution >= 0.6 is 0 Å². The van der Waals surface area contributed by atoms with Gasteiger partial charge in [-0.15, -0.1) is 0 Å². The van der Waals surface area contributed by atoms with Crippen LogP contribution in [0.1, 0.15) is 66.5 Å². The lowest BCUT2D eigenvalue weighted by Crippen LogP contribution is -2.16. The van der Waals surface area contributed by atoms with E-state index < -0.39 is 11.7 Å². The summed E-state index contributed by atoms with van der Waals surface area (Å²) in [5.41, 5.74) is 4.15. The molecule has 0 saturated heterocycles. The molecule has 1 aromatic carbocycles. The summed E-state index contributed by atoms with van der Waals surface area (Å²) >= 11 is 0. The van der Waals surface area contributed by atoms with E-state index in [1.165, 1.54) is 11.8 Å². The molecule has 5 rings (SSSR count). The van der Waals surface area contributed by atoms with Crippen LogP contribution in [0.5, 0.6) is 0 Å². The Labute approximate surface area is 197 Å². The lowest BCUT2D eigenvalue weighted by molar-refractivity contribution is 0.102. The highest BCUT2D eigenvalue weighted by Crippen LogP contribution is 2.31. The van der Waals surface area contributed by atoms with Crippen LogP contribution in [-0.2, 0) is 6.42 Å². The molecule has 0 unspecified atom stereocenters. The van der Waals surface area contributed by atoms with Crippen molar-refractivity contribution in [3.8, 4) is 17.2 Å². The van der Waals surface area contributed by atoms with E-state index in [4.69, 9.17) is 0 Å². The monoisotopic (exact) mass is 458 g/mol. The van der Waals surface area contributed by atoms with Crippen molar-refractivity contribution in [2.75, 3.05) is 5.32 Å². The van der Waals surface area contributed by atoms with Gasteiger partial charge in [-0.3, -0.25) is 4.79 Å². The van der Waals surface area contributed by atoms with Gasteiger partial charge in [0.2, 0.25) is 0 Å². The summed E-state index contributed by atoms with van der Waals surface area (Å²) in [6.07, 6.45) is 7.55. The van der Waals surface area contributed by atoms with Crippen LogP contribution in [0.25, 0.3) is 17.2 Å². The number of benzene rings is 1. The number of anilines is 1. The van der Waals surface area contributed by atoms with Crippen molar-refractivity contribution < 1.29 is 9.18 Å². The number of halogens is 1. The number of carbonyl (C=O) groups excluding carboxylic acids is 1. The SMILES string of the molecule is Cc1cc(F)c(C(=O)Nc2cccc(-c3ncc4n3[C@H](C)CC4)n2)cc1-n1cnc(C(C)C)c1. The number of rotatable bonds is 5. The van der Waals surface area contributed by atoms with Crippen molar-refractivity contribution in [1.82, 2.24) is 24.1 Å². The second-order valence-corrected chi connectivity index (χ2v) is 9.17. The fraction of sp³-hybridized carbons (Fsp3) is 0.308. The first-order valence-corrected chi connectivity index (χ1v) is 11.5. The van der Waals surface area contributed by atoms with E-state index in [2.05, 4.69) is 45.6 Å². The number of aromatic nitrogens is 5. The van der Waals surface area contributed by atoms with Gasteiger partial charge in [-0.1, -0.05) is 19.9 Å². The Kier molecular flexibility index (Phi) is 5.51. The maximum Gasteiger partial charge on any atom is 0.259 e. The highest BCUT2D eigenvalue weighted by Gasteiger charge is 2.24. The van der Waals surface area contributed by atoms with Crippen molar-refractivity contribution in [1.29, 1.82) is 0 Å². The molecule has 4 aromatic rings. The van der Waals surface area contributed by atoms with Crippen LogP contribution in [0.2, 0.25) is 0 Å². The highest BCUT2D eigenvalue weighted by atomic mass is 19.1. The van der Waals surface area contributed by atoms with Crippen molar-refractivity contribution in [2.45, 2.75) is 52.5 Å². The minimum absolute atomic E-state index is 0.0528. The number of hydrogen-bond donors (Lipinski definition) is 1. The molecule has 1 aliphatic rings. The van der Waals surface area contributed by atoms with Gasteiger partial charge in [-0.25, -0.2) is 19.3 Å². The topological polar surface area (TPSA) is 77.6 Å². The average molecular weight is 459 g/mol. The van der Waals surface area contributed by atoms with Gasteiger partial charge in [-0.05, 0) is 62.4 Å². The maximum atomic E-state index is 14.8. The van der Waals surface area contributed by atoms with E-state index in [1.807, 2.05) is 36.0 Å². The number of carbonyl (C=O) groups is 1. The largest absolute Gasteiger partial charge is 0.324 e. The number of amides is 1. The summed E-state index contributed by atoms with van der Waals surface area (Å²) in [7, 11) is 0. The highest BCUT2D eigenvalue weighted by molar-refractivity contribution is 6.04. The molecular formula is C26H27FN6O. The van der Waals surface area contributed by atoms with Crippen LogP contribution in [-0.4, -0.2) is 30.0 Å². The molecule has 1 aliphatic heterocycles. The van der Waals surface area contributed by atoms with Crippen molar-refractivity contribution >= 4 is 11.7 Å². The van der Waals surface area contributed by atoms with E-state index >= 15 is 0 Å². The fourth-order valence-corrected chi connectivity index (χ4v) is 4.44. The minimum Gasteiger partial charge on any atom is -0.324 e. The molecular weight excluding hydrogens is 431 g/mol. The fourth-order valence-electron chi connectivity index (χ4n) is 4.44. The Morgan fingerprint density at radius 2 is 2.06 bits per heavy atom. The summed E-state index contributed by atoms with van der Waals surface area (Å²) in [5, 5.41) is 2.75. The third-order valence-electron chi connectivity index (χ3n) is 6.35. The van der Waals surface area contributed by atoms with E-state index in [9.17, 15) is 9.18 Å². The quantitative estimate of drug-likeness (QED) is 0.431. The Bertz CT molecular complexity index is 1390. The molecule has 0 spiro atoms. The van der Waals surface area contributed by atoms with Gasteiger partial charge in [0.15, 0.2) is 5.82 Å². The molecule has 174 valence electrons. The molecule has 0 aliphatic carbocycles. The number of imidazole rings is 2. The molecule has 0 radical (unpaired) electrons. The first-order valence-electron chi connectivity index (χ1n) is 11.5. The zero-order valence-corrected chi connectivity index (χ0v) is 19.7. The molecule has 1 atom stereocenters. The van der Waals surface area contributed by atoms with Crippen molar-refractivity contribution in [3.63, 3.8) is 0 Å². The maximum absolute atomic E-state index is 14.8. The minimum atomic E-state index is -0.584. The van der Waals surface area contributed by atoms with E-state index in [1.54, 1.807) is 18.5 Å². The van der Waals surface area contributed by atoms with Gasteiger partial charge in [0, 0.05) is 24.1 Å². The summed E-state index contributed by atoms with van der Waals surface area (Å²) in [4.78, 5) is 26.6. The van der Waals surface area contributed by atoms with Gasteiger partial charge < -0.3 is 14.5 Å². The van der Waals surface area contributed by atoms with Crippen molar-refractivity contribution in [3.05, 3.63) is 77.4 Å². The number of hydrogen-bond acceptors (Lipinski definition) is 4. The lowest BCUT2D eigenvalue weighted by Gasteiger charge is -2.13. The molecule has 0 fully saturated rings. The van der Waals surface area contributed by atoms with Crippen LogP contribution in [0, 0.1) is 12.7 Å². The smallest absolute Gasteiger partial charge is 0.259 e. The molecule has 1 N–H and O–H groups in total. The van der Waals surface area contributed by atoms with E-state index in [0.717, 1.165) is 24.4 Å². The van der Waals surface area contributed by atoms with Gasteiger partial charge in [0.25, 0.3) is 5.91 Å². The summed E-state index contributed by atoms with van der Waals surface area (Å²) in [6, 6.07) is 8.65. The van der Waals surface area contributed by atoms with E-state index in [-0.39, 0.29) is 11.5 Å². The first kappa shape index (κ1) is 22.0. The summed E-state index contributed by atoms with van der Waals surface area (Å²) < 4.78 is 18.8. The third kappa shape index (κ3) is 3.89. The molecule has 4 heterocycles. The van der Waals surface area contributed by atoms with Gasteiger partial charge in [-0.2, -0.15) is 0 Å². The Morgan fingerprint density at radius 3 is 2.82 bits per heavy atom. The predicted octanol–water partition coefficient (Wildman–Crippen LogP) is 5.46. The Morgan fingerprint density at radius 1 is 1.24 bits per heavy atom. The normalized spacial score (nSPS) is 15.1. The van der Waals surface area contributed by atoms with Gasteiger partial charge in [0.1, 0.15) is 17.3 Å². The molecule has 0 bridgehead atoms. The van der Waals surface area contributed by atoms with Crippen LogP contribution in [0.3, 0.4) is 0 Å². The third-order valence-corrected chi connectivity index (χ3v) is 6.35. The number of pyridine rings is 1. The number of aryl methyl sites for hydroxylation is 2. The zero-order valence-electron chi connectivity index (χ0n) is 19.7. The molecule has 0 saturated carbocycles. The number of nitrogens with zero attached hydrogens (tertiary/aromatic N) is 5. The molecule has 3 aromatic heterocycles.